The van der Waals surface area contributed by atoms with Gasteiger partial charge in [0, 0.05) is 44.0 Å². The van der Waals surface area contributed by atoms with Crippen molar-refractivity contribution in [1.82, 2.24) is 14.5 Å². The van der Waals surface area contributed by atoms with Gasteiger partial charge in [-0.15, -0.1) is 0 Å². The van der Waals surface area contributed by atoms with Crippen molar-refractivity contribution in [2.24, 2.45) is 11.8 Å². The highest BCUT2D eigenvalue weighted by Gasteiger charge is 2.25. The van der Waals surface area contributed by atoms with Gasteiger partial charge in [0.25, 0.3) is 0 Å². The lowest BCUT2D eigenvalue weighted by atomic mass is 9.93. The van der Waals surface area contributed by atoms with Gasteiger partial charge in [-0.1, -0.05) is 0 Å². The predicted octanol–water partition coefficient (Wildman–Crippen LogP) is 2.10. The minimum absolute atomic E-state index is 0.312. The third-order valence-electron chi connectivity index (χ3n) is 5.29. The molecule has 2 aliphatic rings. The molecule has 2 atom stereocenters. The molecule has 2 aliphatic heterocycles. The summed E-state index contributed by atoms with van der Waals surface area (Å²) in [6, 6.07) is 0.660. The molecule has 0 saturated carbocycles. The second-order valence-corrected chi connectivity index (χ2v) is 7.16. The first kappa shape index (κ1) is 15.0. The summed E-state index contributed by atoms with van der Waals surface area (Å²) in [6.07, 6.45) is 7.91. The first-order chi connectivity index (χ1) is 10.2. The molecule has 1 saturated heterocycles. The van der Waals surface area contributed by atoms with Crippen LogP contribution >= 0.6 is 0 Å². The van der Waals surface area contributed by atoms with Crippen molar-refractivity contribution in [2.45, 2.75) is 58.5 Å². The number of piperidine rings is 1. The largest absolute Gasteiger partial charge is 0.396 e. The molecular formula is C17H29N3O. The van der Waals surface area contributed by atoms with Crippen molar-refractivity contribution in [3.63, 3.8) is 0 Å². The third kappa shape index (κ3) is 3.32. The van der Waals surface area contributed by atoms with E-state index in [-0.39, 0.29) is 0 Å². The summed E-state index contributed by atoms with van der Waals surface area (Å²) in [5.74, 6) is 2.47. The van der Waals surface area contributed by atoms with Crippen LogP contribution in [0.5, 0.6) is 0 Å². The van der Waals surface area contributed by atoms with Crippen LogP contribution in [0.15, 0.2) is 6.20 Å². The zero-order valence-electron chi connectivity index (χ0n) is 13.5. The Morgan fingerprint density at radius 3 is 2.90 bits per heavy atom. The first-order valence-corrected chi connectivity index (χ1v) is 8.55. The molecule has 1 aromatic rings. The van der Waals surface area contributed by atoms with Crippen LogP contribution in [-0.2, 0) is 19.4 Å². The van der Waals surface area contributed by atoms with E-state index in [0.717, 1.165) is 31.7 Å². The smallest absolute Gasteiger partial charge is 0.109 e. The first-order valence-electron chi connectivity index (χ1n) is 8.55. The third-order valence-corrected chi connectivity index (χ3v) is 5.29. The maximum Gasteiger partial charge on any atom is 0.109 e. The number of hydrogen-bond acceptors (Lipinski definition) is 3. The zero-order chi connectivity index (χ0) is 14.8. The highest BCUT2D eigenvalue weighted by molar-refractivity contribution is 5.10. The Morgan fingerprint density at radius 2 is 2.14 bits per heavy atom. The number of aliphatic hydroxyl groups is 1. The second kappa shape index (κ2) is 6.49. The summed E-state index contributed by atoms with van der Waals surface area (Å²) < 4.78 is 2.42. The van der Waals surface area contributed by atoms with Crippen LogP contribution in [0.1, 0.15) is 44.6 Å². The van der Waals surface area contributed by atoms with Crippen molar-refractivity contribution in [2.75, 3.05) is 19.7 Å². The Balaban J connectivity index is 1.65. The lowest BCUT2D eigenvalue weighted by Gasteiger charge is -2.35. The van der Waals surface area contributed by atoms with Crippen molar-refractivity contribution in [3.8, 4) is 0 Å². The summed E-state index contributed by atoms with van der Waals surface area (Å²) in [5.41, 5.74) is 1.33. The fourth-order valence-electron chi connectivity index (χ4n) is 3.91. The number of nitrogens with zero attached hydrogens (tertiary/aromatic N) is 3. The molecule has 1 N–H and O–H groups in total. The number of aromatic nitrogens is 2. The van der Waals surface area contributed by atoms with Gasteiger partial charge in [0.05, 0.1) is 0 Å². The highest BCUT2D eigenvalue weighted by Crippen LogP contribution is 2.26. The number of rotatable bonds is 4. The Hall–Kier alpha value is -0.870. The Morgan fingerprint density at radius 1 is 1.29 bits per heavy atom. The van der Waals surface area contributed by atoms with Gasteiger partial charge < -0.3 is 14.6 Å². The van der Waals surface area contributed by atoms with Gasteiger partial charge in [0.15, 0.2) is 0 Å². The summed E-state index contributed by atoms with van der Waals surface area (Å²) in [5, 5.41) is 9.33. The molecule has 0 amide bonds. The van der Waals surface area contributed by atoms with E-state index in [0.29, 0.717) is 18.6 Å². The highest BCUT2D eigenvalue weighted by atomic mass is 16.3. The molecule has 1 fully saturated rings. The summed E-state index contributed by atoms with van der Waals surface area (Å²) >= 11 is 0. The van der Waals surface area contributed by atoms with E-state index in [1.165, 1.54) is 37.4 Å². The zero-order valence-corrected chi connectivity index (χ0v) is 13.5. The van der Waals surface area contributed by atoms with Gasteiger partial charge >= 0.3 is 0 Å². The quantitative estimate of drug-likeness (QED) is 0.923. The molecule has 4 heteroatoms. The molecule has 0 aliphatic carbocycles. The van der Waals surface area contributed by atoms with Crippen LogP contribution in [0.3, 0.4) is 0 Å². The van der Waals surface area contributed by atoms with Crippen LogP contribution in [-0.4, -0.2) is 45.3 Å². The average Bonchev–Trinajstić information content (AvgIpc) is 2.89. The maximum atomic E-state index is 9.33. The van der Waals surface area contributed by atoms with Crippen molar-refractivity contribution in [3.05, 3.63) is 17.7 Å². The van der Waals surface area contributed by atoms with Gasteiger partial charge in [-0.2, -0.15) is 0 Å². The number of likely N-dealkylation sites (tertiary alicyclic amines) is 1. The van der Waals surface area contributed by atoms with Crippen LogP contribution in [0.4, 0.5) is 0 Å². The summed E-state index contributed by atoms with van der Waals surface area (Å²) in [7, 11) is 0. The molecular weight excluding hydrogens is 262 g/mol. The fourth-order valence-corrected chi connectivity index (χ4v) is 3.91. The number of aliphatic hydroxyl groups excluding tert-OH is 1. The number of hydrogen-bond donors (Lipinski definition) is 1. The normalized spacial score (nSPS) is 27.0. The average molecular weight is 291 g/mol. The minimum atomic E-state index is 0.312. The maximum absolute atomic E-state index is 9.33. The molecule has 0 aromatic carbocycles. The van der Waals surface area contributed by atoms with Crippen LogP contribution in [0.25, 0.3) is 0 Å². The van der Waals surface area contributed by atoms with Crippen LogP contribution in [0, 0.1) is 11.8 Å². The lowest BCUT2D eigenvalue weighted by Crippen LogP contribution is -2.40. The Bertz CT molecular complexity index is 469. The number of fused-ring (bicyclic) bond motifs is 1. The molecule has 2 unspecified atom stereocenters. The van der Waals surface area contributed by atoms with E-state index in [4.69, 9.17) is 4.98 Å². The van der Waals surface area contributed by atoms with Crippen molar-refractivity contribution in [1.29, 1.82) is 0 Å². The molecule has 0 spiro atoms. The molecule has 21 heavy (non-hydrogen) atoms. The molecule has 0 bridgehead atoms. The van der Waals surface area contributed by atoms with Crippen LogP contribution < -0.4 is 0 Å². The van der Waals surface area contributed by atoms with E-state index in [9.17, 15) is 5.11 Å². The fraction of sp³-hybridized carbons (Fsp3) is 0.824. The summed E-state index contributed by atoms with van der Waals surface area (Å²) in [6.45, 7) is 8.43. The Labute approximate surface area is 128 Å². The van der Waals surface area contributed by atoms with Crippen LogP contribution in [0.2, 0.25) is 0 Å². The molecule has 3 heterocycles. The van der Waals surface area contributed by atoms with Gasteiger partial charge in [-0.05, 0) is 57.9 Å². The number of imidazole rings is 1. The van der Waals surface area contributed by atoms with Crippen molar-refractivity contribution >= 4 is 0 Å². The van der Waals surface area contributed by atoms with E-state index in [1.54, 1.807) is 0 Å². The van der Waals surface area contributed by atoms with E-state index < -0.39 is 0 Å². The monoisotopic (exact) mass is 291 g/mol. The van der Waals surface area contributed by atoms with E-state index in [2.05, 4.69) is 23.3 Å². The summed E-state index contributed by atoms with van der Waals surface area (Å²) in [4.78, 5) is 7.30. The topological polar surface area (TPSA) is 41.3 Å². The van der Waals surface area contributed by atoms with Gasteiger partial charge in [-0.3, -0.25) is 0 Å². The van der Waals surface area contributed by atoms with Gasteiger partial charge in [-0.25, -0.2) is 4.98 Å². The molecule has 0 radical (unpaired) electrons. The second-order valence-electron chi connectivity index (χ2n) is 7.16. The molecule has 3 rings (SSSR count). The Kier molecular flexibility index (Phi) is 4.65. The standard InChI is InChI=1S/C17H29N3O/c1-13(2)19-6-3-4-14(11-19)9-17-18-10-16-8-15(12-21)5-7-20(16)17/h10,13-15,21H,3-9,11-12H2,1-2H3. The van der Waals surface area contributed by atoms with Gasteiger partial charge in [0.1, 0.15) is 5.82 Å². The van der Waals surface area contributed by atoms with E-state index in [1.807, 2.05) is 6.20 Å². The minimum Gasteiger partial charge on any atom is -0.396 e. The van der Waals surface area contributed by atoms with Gasteiger partial charge in [0.2, 0.25) is 0 Å². The molecule has 118 valence electrons. The van der Waals surface area contributed by atoms with E-state index >= 15 is 0 Å². The van der Waals surface area contributed by atoms with Crippen molar-refractivity contribution < 1.29 is 5.11 Å². The lowest BCUT2D eigenvalue weighted by molar-refractivity contribution is 0.137. The SMILES string of the molecule is CC(C)N1CCCC(Cc2ncc3n2CCC(CO)C3)C1. The molecule has 1 aromatic heterocycles. The molecule has 4 nitrogen and oxygen atoms in total. The predicted molar refractivity (Wildman–Crippen MR) is 84.3 cm³/mol.